The van der Waals surface area contributed by atoms with Crippen LogP contribution in [0.25, 0.3) is 0 Å². The van der Waals surface area contributed by atoms with E-state index >= 15 is 0 Å². The van der Waals surface area contributed by atoms with Gasteiger partial charge >= 0.3 is 5.97 Å². The minimum absolute atomic E-state index is 0.213. The van der Waals surface area contributed by atoms with Gasteiger partial charge in [-0.25, -0.2) is 0 Å². The van der Waals surface area contributed by atoms with E-state index in [1.165, 1.54) is 18.4 Å². The van der Waals surface area contributed by atoms with Crippen LogP contribution in [0.15, 0.2) is 24.3 Å². The van der Waals surface area contributed by atoms with Crippen molar-refractivity contribution in [3.05, 3.63) is 29.8 Å². The maximum absolute atomic E-state index is 10.8. The average Bonchev–Trinajstić information content (AvgIpc) is 2.93. The van der Waals surface area contributed by atoms with Crippen LogP contribution in [0.5, 0.6) is 5.75 Å². The van der Waals surface area contributed by atoms with Crippen molar-refractivity contribution in [3.63, 3.8) is 0 Å². The van der Waals surface area contributed by atoms with Gasteiger partial charge in [-0.1, -0.05) is 12.1 Å². The van der Waals surface area contributed by atoms with Crippen LogP contribution in [0.4, 0.5) is 0 Å². The van der Waals surface area contributed by atoms with Crippen LogP contribution < -0.4 is 4.74 Å². The lowest BCUT2D eigenvalue weighted by Crippen LogP contribution is -2.26. The van der Waals surface area contributed by atoms with E-state index < -0.39 is 5.97 Å². The SMILES string of the molecule is COc1ccc(C(CCC(=O)O)N2CCCC2)cc1. The zero-order valence-electron chi connectivity index (χ0n) is 11.3. The number of carboxylic acids is 1. The molecule has 0 bridgehead atoms. The maximum atomic E-state index is 10.8. The van der Waals surface area contributed by atoms with E-state index in [9.17, 15) is 4.79 Å². The van der Waals surface area contributed by atoms with Crippen LogP contribution in [-0.4, -0.2) is 36.2 Å². The van der Waals surface area contributed by atoms with E-state index in [0.717, 1.165) is 18.8 Å². The van der Waals surface area contributed by atoms with Gasteiger partial charge in [0.2, 0.25) is 0 Å². The second-order valence-electron chi connectivity index (χ2n) is 4.96. The molecule has 0 amide bonds. The lowest BCUT2D eigenvalue weighted by Gasteiger charge is -2.27. The molecule has 0 saturated carbocycles. The number of benzene rings is 1. The van der Waals surface area contributed by atoms with Gasteiger partial charge in [-0.2, -0.15) is 0 Å². The first-order chi connectivity index (χ1) is 9.20. The quantitative estimate of drug-likeness (QED) is 0.857. The standard InChI is InChI=1S/C15H21NO3/c1-19-13-6-4-12(5-7-13)14(8-9-15(17)18)16-10-2-3-11-16/h4-7,14H,2-3,8-11H2,1H3,(H,17,18). The van der Waals surface area contributed by atoms with Crippen molar-refractivity contribution >= 4 is 5.97 Å². The van der Waals surface area contributed by atoms with Gasteiger partial charge in [0.1, 0.15) is 5.75 Å². The summed E-state index contributed by atoms with van der Waals surface area (Å²) in [6.07, 6.45) is 3.30. The molecule has 0 aliphatic carbocycles. The summed E-state index contributed by atoms with van der Waals surface area (Å²) in [5.41, 5.74) is 1.18. The Hall–Kier alpha value is -1.55. The monoisotopic (exact) mass is 263 g/mol. The zero-order valence-corrected chi connectivity index (χ0v) is 11.3. The minimum atomic E-state index is -0.724. The summed E-state index contributed by atoms with van der Waals surface area (Å²) in [6.45, 7) is 2.13. The molecule has 1 aliphatic heterocycles. The van der Waals surface area contributed by atoms with Crippen LogP contribution in [0.3, 0.4) is 0 Å². The highest BCUT2D eigenvalue weighted by Crippen LogP contribution is 2.30. The largest absolute Gasteiger partial charge is 0.497 e. The van der Waals surface area contributed by atoms with Crippen molar-refractivity contribution < 1.29 is 14.6 Å². The van der Waals surface area contributed by atoms with Crippen molar-refractivity contribution in [3.8, 4) is 5.75 Å². The molecule has 1 heterocycles. The molecular formula is C15H21NO3. The summed E-state index contributed by atoms with van der Waals surface area (Å²) < 4.78 is 5.16. The predicted octanol–water partition coefficient (Wildman–Crippen LogP) is 2.70. The molecule has 0 spiro atoms. The number of hydrogen-bond acceptors (Lipinski definition) is 3. The van der Waals surface area contributed by atoms with Crippen molar-refractivity contribution in [2.75, 3.05) is 20.2 Å². The van der Waals surface area contributed by atoms with Gasteiger partial charge in [-0.05, 0) is 50.0 Å². The predicted molar refractivity (Wildman–Crippen MR) is 73.4 cm³/mol. The van der Waals surface area contributed by atoms with E-state index in [1.807, 2.05) is 24.3 Å². The summed E-state index contributed by atoms with van der Waals surface area (Å²) in [4.78, 5) is 13.2. The fourth-order valence-electron chi connectivity index (χ4n) is 2.70. The van der Waals surface area contributed by atoms with Gasteiger partial charge in [0.05, 0.1) is 7.11 Å². The zero-order chi connectivity index (χ0) is 13.7. The third kappa shape index (κ3) is 3.70. The molecule has 1 unspecified atom stereocenters. The van der Waals surface area contributed by atoms with Crippen molar-refractivity contribution in [2.45, 2.75) is 31.7 Å². The number of carboxylic acid groups (broad SMARTS) is 1. The lowest BCUT2D eigenvalue weighted by atomic mass is 10.0. The molecule has 4 heteroatoms. The number of likely N-dealkylation sites (tertiary alicyclic amines) is 1. The fourth-order valence-corrected chi connectivity index (χ4v) is 2.70. The summed E-state index contributed by atoms with van der Waals surface area (Å²) in [5.74, 6) is 0.111. The highest BCUT2D eigenvalue weighted by Gasteiger charge is 2.23. The third-order valence-corrected chi connectivity index (χ3v) is 3.71. The molecule has 4 nitrogen and oxygen atoms in total. The summed E-state index contributed by atoms with van der Waals surface area (Å²) >= 11 is 0. The Balaban J connectivity index is 2.11. The normalized spacial score (nSPS) is 17.3. The molecule has 1 fully saturated rings. The van der Waals surface area contributed by atoms with Crippen LogP contribution in [-0.2, 0) is 4.79 Å². The Bertz CT molecular complexity index is 410. The smallest absolute Gasteiger partial charge is 0.303 e. The van der Waals surface area contributed by atoms with Crippen molar-refractivity contribution in [2.24, 2.45) is 0 Å². The molecule has 19 heavy (non-hydrogen) atoms. The molecule has 1 aromatic carbocycles. The lowest BCUT2D eigenvalue weighted by molar-refractivity contribution is -0.137. The van der Waals surface area contributed by atoms with Gasteiger partial charge in [0.25, 0.3) is 0 Å². The Morgan fingerprint density at radius 1 is 1.32 bits per heavy atom. The van der Waals surface area contributed by atoms with Gasteiger partial charge < -0.3 is 9.84 Å². The van der Waals surface area contributed by atoms with E-state index in [0.29, 0.717) is 6.42 Å². The number of carbonyl (C=O) groups is 1. The molecule has 2 rings (SSSR count). The van der Waals surface area contributed by atoms with E-state index in [-0.39, 0.29) is 12.5 Å². The van der Waals surface area contributed by atoms with E-state index in [4.69, 9.17) is 9.84 Å². The highest BCUT2D eigenvalue weighted by molar-refractivity contribution is 5.66. The van der Waals surface area contributed by atoms with Crippen LogP contribution >= 0.6 is 0 Å². The van der Waals surface area contributed by atoms with Crippen LogP contribution in [0, 0.1) is 0 Å². The Morgan fingerprint density at radius 3 is 2.47 bits per heavy atom. The number of hydrogen-bond donors (Lipinski definition) is 1. The molecule has 1 N–H and O–H groups in total. The Kier molecular flexibility index (Phi) is 4.80. The maximum Gasteiger partial charge on any atom is 0.303 e. The van der Waals surface area contributed by atoms with Crippen LogP contribution in [0.2, 0.25) is 0 Å². The molecule has 1 aromatic rings. The number of ether oxygens (including phenoxy) is 1. The number of methoxy groups -OCH3 is 1. The second-order valence-corrected chi connectivity index (χ2v) is 4.96. The Labute approximate surface area is 114 Å². The fraction of sp³-hybridized carbons (Fsp3) is 0.533. The second kappa shape index (κ2) is 6.57. The van der Waals surface area contributed by atoms with Crippen LogP contribution in [0.1, 0.15) is 37.3 Å². The number of aliphatic carboxylic acids is 1. The molecule has 1 saturated heterocycles. The van der Waals surface area contributed by atoms with Crippen molar-refractivity contribution in [1.82, 2.24) is 4.90 Å². The molecule has 0 aromatic heterocycles. The van der Waals surface area contributed by atoms with Crippen molar-refractivity contribution in [1.29, 1.82) is 0 Å². The first-order valence-corrected chi connectivity index (χ1v) is 6.80. The molecule has 104 valence electrons. The molecule has 1 aliphatic rings. The molecule has 0 radical (unpaired) electrons. The highest BCUT2D eigenvalue weighted by atomic mass is 16.5. The third-order valence-electron chi connectivity index (χ3n) is 3.71. The van der Waals surface area contributed by atoms with Gasteiger partial charge in [-0.3, -0.25) is 9.69 Å². The minimum Gasteiger partial charge on any atom is -0.497 e. The first kappa shape index (κ1) is 13.9. The van der Waals surface area contributed by atoms with Gasteiger partial charge in [0, 0.05) is 12.5 Å². The Morgan fingerprint density at radius 2 is 1.95 bits per heavy atom. The molecule has 1 atom stereocenters. The number of rotatable bonds is 6. The summed E-state index contributed by atoms with van der Waals surface area (Å²) in [6, 6.07) is 8.19. The topological polar surface area (TPSA) is 49.8 Å². The average molecular weight is 263 g/mol. The summed E-state index contributed by atoms with van der Waals surface area (Å²) in [5, 5.41) is 8.90. The number of nitrogens with zero attached hydrogens (tertiary/aromatic N) is 1. The van der Waals surface area contributed by atoms with Gasteiger partial charge in [-0.15, -0.1) is 0 Å². The first-order valence-electron chi connectivity index (χ1n) is 6.80. The molecular weight excluding hydrogens is 242 g/mol. The summed E-state index contributed by atoms with van der Waals surface area (Å²) in [7, 11) is 1.65. The van der Waals surface area contributed by atoms with E-state index in [2.05, 4.69) is 4.90 Å². The van der Waals surface area contributed by atoms with Gasteiger partial charge in [0.15, 0.2) is 0 Å². The van der Waals surface area contributed by atoms with E-state index in [1.54, 1.807) is 7.11 Å².